The summed E-state index contributed by atoms with van der Waals surface area (Å²) in [4.78, 5) is 11.9. The van der Waals surface area contributed by atoms with Crippen molar-refractivity contribution in [1.82, 2.24) is 5.32 Å². The molecule has 3 nitrogen and oxygen atoms in total. The monoisotopic (exact) mass is 256 g/mol. The van der Waals surface area contributed by atoms with Crippen molar-refractivity contribution in [2.75, 3.05) is 5.32 Å². The Kier molecular flexibility index (Phi) is 4.46. The third-order valence-electron chi connectivity index (χ3n) is 3.56. The molecule has 0 spiro atoms. The fourth-order valence-electron chi connectivity index (χ4n) is 2.60. The lowest BCUT2D eigenvalue weighted by Crippen LogP contribution is -2.40. The molecule has 0 aliphatic heterocycles. The number of rotatable bonds is 2. The lowest BCUT2D eigenvalue weighted by Gasteiger charge is -2.27. The highest BCUT2D eigenvalue weighted by Gasteiger charge is 2.20. The van der Waals surface area contributed by atoms with Crippen molar-refractivity contribution < 1.29 is 4.79 Å². The molecule has 1 saturated carbocycles. The first-order valence-corrected chi connectivity index (χ1v) is 6.81. The number of carbonyl (C=O) groups excluding carboxylic acids is 1. The summed E-state index contributed by atoms with van der Waals surface area (Å²) in [6.45, 7) is 2.24. The topological polar surface area (TPSA) is 41.1 Å². The van der Waals surface area contributed by atoms with Crippen LogP contribution in [-0.4, -0.2) is 12.1 Å². The molecular formula is C16H20N2O. The fraction of sp³-hybridized carbons (Fsp3) is 0.438. The number of carbonyl (C=O) groups is 1. The van der Waals surface area contributed by atoms with Crippen molar-refractivity contribution in [3.05, 3.63) is 29.8 Å². The highest BCUT2D eigenvalue weighted by molar-refractivity contribution is 5.89. The predicted octanol–water partition coefficient (Wildman–Crippen LogP) is 3.37. The Labute approximate surface area is 114 Å². The zero-order chi connectivity index (χ0) is 13.7. The molecule has 0 saturated heterocycles. The van der Waals surface area contributed by atoms with Crippen LogP contribution in [0.5, 0.6) is 0 Å². The molecule has 0 heterocycles. The van der Waals surface area contributed by atoms with Crippen LogP contribution in [0.2, 0.25) is 0 Å². The number of terminal acetylenes is 1. The lowest BCUT2D eigenvalue weighted by molar-refractivity contribution is 0.238. The summed E-state index contributed by atoms with van der Waals surface area (Å²) in [5, 5.41) is 5.87. The Hall–Kier alpha value is -1.95. The van der Waals surface area contributed by atoms with Crippen LogP contribution in [-0.2, 0) is 0 Å². The zero-order valence-electron chi connectivity index (χ0n) is 11.3. The largest absolute Gasteiger partial charge is 0.335 e. The van der Waals surface area contributed by atoms with Gasteiger partial charge in [0.15, 0.2) is 0 Å². The second kappa shape index (κ2) is 6.29. The Morgan fingerprint density at radius 2 is 2.26 bits per heavy atom. The number of benzene rings is 1. The van der Waals surface area contributed by atoms with Crippen LogP contribution >= 0.6 is 0 Å². The van der Waals surface area contributed by atoms with Crippen LogP contribution in [0.3, 0.4) is 0 Å². The van der Waals surface area contributed by atoms with Gasteiger partial charge in [-0.15, -0.1) is 6.42 Å². The highest BCUT2D eigenvalue weighted by Crippen LogP contribution is 2.23. The van der Waals surface area contributed by atoms with Crippen molar-refractivity contribution in [2.45, 2.75) is 38.6 Å². The van der Waals surface area contributed by atoms with Gasteiger partial charge in [0.2, 0.25) is 0 Å². The van der Waals surface area contributed by atoms with E-state index < -0.39 is 0 Å². The smallest absolute Gasteiger partial charge is 0.319 e. The molecular weight excluding hydrogens is 236 g/mol. The minimum Gasteiger partial charge on any atom is -0.335 e. The molecule has 2 rings (SSSR count). The number of hydrogen-bond acceptors (Lipinski definition) is 1. The van der Waals surface area contributed by atoms with Gasteiger partial charge in [0.1, 0.15) is 0 Å². The Balaban J connectivity index is 1.88. The van der Waals surface area contributed by atoms with E-state index >= 15 is 0 Å². The fourth-order valence-corrected chi connectivity index (χ4v) is 2.60. The molecule has 1 aliphatic carbocycles. The molecule has 1 aliphatic rings. The average molecular weight is 256 g/mol. The highest BCUT2D eigenvalue weighted by atomic mass is 16.2. The van der Waals surface area contributed by atoms with Gasteiger partial charge in [-0.1, -0.05) is 31.8 Å². The van der Waals surface area contributed by atoms with Crippen molar-refractivity contribution in [3.63, 3.8) is 0 Å². The second-order valence-corrected chi connectivity index (χ2v) is 5.29. The van der Waals surface area contributed by atoms with Crippen LogP contribution < -0.4 is 10.6 Å². The molecule has 1 fully saturated rings. The van der Waals surface area contributed by atoms with E-state index in [4.69, 9.17) is 6.42 Å². The molecule has 3 heteroatoms. The second-order valence-electron chi connectivity index (χ2n) is 5.29. The van der Waals surface area contributed by atoms with E-state index in [2.05, 4.69) is 23.5 Å². The van der Waals surface area contributed by atoms with Gasteiger partial charge in [-0.3, -0.25) is 0 Å². The first-order valence-electron chi connectivity index (χ1n) is 6.81. The van der Waals surface area contributed by atoms with Crippen LogP contribution in [0, 0.1) is 18.3 Å². The van der Waals surface area contributed by atoms with Crippen molar-refractivity contribution in [1.29, 1.82) is 0 Å². The van der Waals surface area contributed by atoms with Gasteiger partial charge in [-0.05, 0) is 37.0 Å². The summed E-state index contributed by atoms with van der Waals surface area (Å²) in [7, 11) is 0. The number of anilines is 1. The minimum atomic E-state index is -0.145. The molecule has 2 N–H and O–H groups in total. The van der Waals surface area contributed by atoms with Crippen LogP contribution in [0.1, 0.15) is 38.2 Å². The molecule has 100 valence electrons. The summed E-state index contributed by atoms with van der Waals surface area (Å²) < 4.78 is 0. The van der Waals surface area contributed by atoms with Crippen LogP contribution in [0.15, 0.2) is 24.3 Å². The van der Waals surface area contributed by atoms with E-state index in [9.17, 15) is 4.79 Å². The van der Waals surface area contributed by atoms with Gasteiger partial charge in [-0.25, -0.2) is 4.79 Å². The molecule has 2 atom stereocenters. The summed E-state index contributed by atoms with van der Waals surface area (Å²) >= 11 is 0. The average Bonchev–Trinajstić information content (AvgIpc) is 2.38. The molecule has 19 heavy (non-hydrogen) atoms. The van der Waals surface area contributed by atoms with Gasteiger partial charge in [0, 0.05) is 17.3 Å². The van der Waals surface area contributed by atoms with Crippen LogP contribution in [0.4, 0.5) is 10.5 Å². The number of urea groups is 1. The van der Waals surface area contributed by atoms with Gasteiger partial charge >= 0.3 is 6.03 Å². The molecule has 0 radical (unpaired) electrons. The van der Waals surface area contributed by atoms with Crippen molar-refractivity contribution >= 4 is 11.7 Å². The standard InChI is InChI=1S/C16H20N2O/c1-3-13-7-5-9-15(11-13)18-16(19)17-14-8-4-6-12(2)10-14/h1,5,7,9,11-12,14H,4,6,8,10H2,2H3,(H2,17,18,19)/t12-,14-/m1/s1. The predicted molar refractivity (Wildman–Crippen MR) is 78.0 cm³/mol. The minimum absolute atomic E-state index is 0.145. The molecule has 0 unspecified atom stereocenters. The van der Waals surface area contributed by atoms with Crippen LogP contribution in [0.25, 0.3) is 0 Å². The van der Waals surface area contributed by atoms with E-state index in [1.165, 1.54) is 12.8 Å². The van der Waals surface area contributed by atoms with Gasteiger partial charge in [-0.2, -0.15) is 0 Å². The number of nitrogens with one attached hydrogen (secondary N) is 2. The van der Waals surface area contributed by atoms with Crippen molar-refractivity contribution in [3.8, 4) is 12.3 Å². The molecule has 2 amide bonds. The maximum absolute atomic E-state index is 11.9. The summed E-state index contributed by atoms with van der Waals surface area (Å²) in [5.41, 5.74) is 1.50. The van der Waals surface area contributed by atoms with E-state index in [0.717, 1.165) is 24.1 Å². The Bertz CT molecular complexity index is 490. The quantitative estimate of drug-likeness (QED) is 0.783. The molecule has 0 aromatic heterocycles. The first-order chi connectivity index (χ1) is 9.17. The number of hydrogen-bond donors (Lipinski definition) is 2. The molecule has 1 aromatic rings. The van der Waals surface area contributed by atoms with E-state index in [1.54, 1.807) is 6.07 Å². The van der Waals surface area contributed by atoms with E-state index in [-0.39, 0.29) is 6.03 Å². The van der Waals surface area contributed by atoms with E-state index in [0.29, 0.717) is 12.0 Å². The maximum atomic E-state index is 11.9. The zero-order valence-corrected chi connectivity index (χ0v) is 11.3. The summed E-state index contributed by atoms with van der Waals surface area (Å²) in [5.74, 6) is 3.25. The SMILES string of the molecule is C#Cc1cccc(NC(=O)N[C@@H]2CCC[C@@H](C)C2)c1. The third kappa shape index (κ3) is 4.03. The Morgan fingerprint density at radius 1 is 1.42 bits per heavy atom. The maximum Gasteiger partial charge on any atom is 0.319 e. The molecule has 1 aromatic carbocycles. The van der Waals surface area contributed by atoms with Gasteiger partial charge in [0.25, 0.3) is 0 Å². The van der Waals surface area contributed by atoms with Gasteiger partial charge in [0.05, 0.1) is 0 Å². The summed E-state index contributed by atoms with van der Waals surface area (Å²) in [6, 6.07) is 7.46. The third-order valence-corrected chi connectivity index (χ3v) is 3.56. The summed E-state index contributed by atoms with van der Waals surface area (Å²) in [6.07, 6.45) is 9.94. The first kappa shape index (κ1) is 13.5. The Morgan fingerprint density at radius 3 is 3.00 bits per heavy atom. The number of amides is 2. The normalized spacial score (nSPS) is 22.3. The van der Waals surface area contributed by atoms with E-state index in [1.807, 2.05) is 18.2 Å². The van der Waals surface area contributed by atoms with Gasteiger partial charge < -0.3 is 10.6 Å². The van der Waals surface area contributed by atoms with Crippen molar-refractivity contribution in [2.24, 2.45) is 5.92 Å². The lowest BCUT2D eigenvalue weighted by atomic mass is 9.87. The molecule has 0 bridgehead atoms.